The van der Waals surface area contributed by atoms with Crippen molar-refractivity contribution in [2.75, 3.05) is 0 Å². The summed E-state index contributed by atoms with van der Waals surface area (Å²) in [6.45, 7) is 0. The number of aromatic nitrogens is 2. The van der Waals surface area contributed by atoms with Crippen molar-refractivity contribution in [3.8, 4) is 0 Å². The van der Waals surface area contributed by atoms with Crippen LogP contribution in [-0.4, -0.2) is 7.76 Å². The van der Waals surface area contributed by atoms with Crippen LogP contribution in [-0.2, 0) is 12.8 Å². The van der Waals surface area contributed by atoms with Crippen LogP contribution in [0.15, 0.2) is 6.33 Å². The summed E-state index contributed by atoms with van der Waals surface area (Å²) in [6, 6.07) is 0. The minimum atomic E-state index is 1.19. The summed E-state index contributed by atoms with van der Waals surface area (Å²) in [6.07, 6.45) is 6.97. The van der Waals surface area contributed by atoms with Gasteiger partial charge in [0.05, 0.1) is 34.3 Å². The number of imidazole rings is 1. The number of hydrogen-bond donors (Lipinski definition) is 0. The zero-order chi connectivity index (χ0) is 6.97. The summed E-state index contributed by atoms with van der Waals surface area (Å²) >= 11 is 2.29. The van der Waals surface area contributed by atoms with E-state index in [1.165, 1.54) is 37.1 Å². The number of hydrogen-bond acceptors (Lipinski definition) is 1. The van der Waals surface area contributed by atoms with E-state index in [9.17, 15) is 0 Å². The van der Waals surface area contributed by atoms with Crippen LogP contribution in [0.2, 0.25) is 0 Å². The van der Waals surface area contributed by atoms with Crippen molar-refractivity contribution < 1.29 is 0 Å². The molecular weight excluding hydrogens is 239 g/mol. The van der Waals surface area contributed by atoms with Gasteiger partial charge in [-0.25, -0.2) is 4.98 Å². The molecule has 0 amide bonds. The van der Waals surface area contributed by atoms with Crippen molar-refractivity contribution in [3.05, 3.63) is 17.7 Å². The van der Waals surface area contributed by atoms with Crippen molar-refractivity contribution in [2.45, 2.75) is 25.7 Å². The number of rotatable bonds is 0. The maximum atomic E-state index is 4.31. The number of fused-ring (bicyclic) bond motifs is 1. The van der Waals surface area contributed by atoms with Gasteiger partial charge < -0.3 is 0 Å². The van der Waals surface area contributed by atoms with E-state index in [0.717, 1.165) is 0 Å². The Bertz CT molecular complexity index is 242. The lowest BCUT2D eigenvalue weighted by molar-refractivity contribution is 0.665. The minimum Gasteiger partial charge on any atom is -0.275 e. The van der Waals surface area contributed by atoms with Crippen LogP contribution in [0, 0.1) is 0 Å². The first-order valence-corrected chi connectivity index (χ1v) is 4.55. The SMILES string of the molecule is In1cnc2c1CCCC2. The van der Waals surface area contributed by atoms with Crippen LogP contribution >= 0.6 is 22.9 Å². The summed E-state index contributed by atoms with van der Waals surface area (Å²) in [4.78, 5) is 4.31. The Morgan fingerprint density at radius 3 is 3.00 bits per heavy atom. The Hall–Kier alpha value is -0.0600. The monoisotopic (exact) mass is 248 g/mol. The van der Waals surface area contributed by atoms with Crippen LogP contribution in [0.3, 0.4) is 0 Å². The van der Waals surface area contributed by atoms with Gasteiger partial charge in [-0.05, 0) is 25.7 Å². The molecular formula is C7H9IN2. The smallest absolute Gasteiger partial charge is 0.104 e. The van der Waals surface area contributed by atoms with Crippen LogP contribution in [0.5, 0.6) is 0 Å². The molecule has 3 heteroatoms. The molecule has 2 nitrogen and oxygen atoms in total. The molecule has 0 fully saturated rings. The highest BCUT2D eigenvalue weighted by atomic mass is 127. The molecule has 0 atom stereocenters. The van der Waals surface area contributed by atoms with Gasteiger partial charge in [-0.15, -0.1) is 0 Å². The summed E-state index contributed by atoms with van der Waals surface area (Å²) in [5.74, 6) is 0. The third kappa shape index (κ3) is 0.962. The van der Waals surface area contributed by atoms with Gasteiger partial charge in [-0.2, -0.15) is 0 Å². The van der Waals surface area contributed by atoms with Crippen LogP contribution < -0.4 is 0 Å². The first-order valence-electron chi connectivity index (χ1n) is 3.59. The molecule has 0 saturated carbocycles. The molecule has 1 aliphatic rings. The first kappa shape index (κ1) is 6.64. The van der Waals surface area contributed by atoms with Gasteiger partial charge in [0.25, 0.3) is 0 Å². The molecule has 0 saturated heterocycles. The van der Waals surface area contributed by atoms with Crippen molar-refractivity contribution in [1.29, 1.82) is 0 Å². The molecule has 2 rings (SSSR count). The lowest BCUT2D eigenvalue weighted by atomic mass is 10.0. The van der Waals surface area contributed by atoms with Gasteiger partial charge in [-0.3, -0.25) is 2.78 Å². The highest BCUT2D eigenvalue weighted by Gasteiger charge is 2.13. The molecule has 1 aromatic heterocycles. The molecule has 1 aromatic rings. The molecule has 10 heavy (non-hydrogen) atoms. The Morgan fingerprint density at radius 2 is 2.20 bits per heavy atom. The molecule has 1 aliphatic carbocycles. The highest BCUT2D eigenvalue weighted by molar-refractivity contribution is 14.1. The molecule has 0 spiro atoms. The lowest BCUT2D eigenvalue weighted by Crippen LogP contribution is -2.02. The summed E-state index contributed by atoms with van der Waals surface area (Å²) in [5.41, 5.74) is 2.76. The average molecular weight is 248 g/mol. The largest absolute Gasteiger partial charge is 0.275 e. The second-order valence-corrected chi connectivity index (χ2v) is 3.70. The predicted octanol–water partition coefficient (Wildman–Crippen LogP) is 1.96. The topological polar surface area (TPSA) is 17.8 Å². The normalized spacial score (nSPS) is 16.9. The second-order valence-electron chi connectivity index (χ2n) is 2.66. The Balaban J connectivity index is 2.45. The first-order chi connectivity index (χ1) is 4.88. The summed E-state index contributed by atoms with van der Waals surface area (Å²) in [5, 5.41) is 0. The number of halogens is 1. The fraction of sp³-hybridized carbons (Fsp3) is 0.571. The van der Waals surface area contributed by atoms with Crippen molar-refractivity contribution in [3.63, 3.8) is 0 Å². The van der Waals surface area contributed by atoms with Gasteiger partial charge >= 0.3 is 0 Å². The fourth-order valence-corrected chi connectivity index (χ4v) is 2.08. The molecule has 0 N–H and O–H groups in total. The standard InChI is InChI=1S/C7H9IN2/c8-10-5-9-6-3-1-2-4-7(6)10/h5H,1-4H2. The second kappa shape index (κ2) is 2.53. The Morgan fingerprint density at radius 1 is 1.40 bits per heavy atom. The van der Waals surface area contributed by atoms with Crippen LogP contribution in [0.25, 0.3) is 0 Å². The predicted molar refractivity (Wildman–Crippen MR) is 48.3 cm³/mol. The van der Waals surface area contributed by atoms with E-state index in [-0.39, 0.29) is 0 Å². The molecule has 0 aliphatic heterocycles. The lowest BCUT2D eigenvalue weighted by Gasteiger charge is -2.09. The van der Waals surface area contributed by atoms with E-state index in [0.29, 0.717) is 0 Å². The summed E-state index contributed by atoms with van der Waals surface area (Å²) < 4.78 is 2.12. The average Bonchev–Trinajstić information content (AvgIpc) is 2.34. The quantitative estimate of drug-likeness (QED) is 0.642. The van der Waals surface area contributed by atoms with Gasteiger partial charge in [-0.1, -0.05) is 0 Å². The van der Waals surface area contributed by atoms with Crippen molar-refractivity contribution in [2.24, 2.45) is 0 Å². The maximum Gasteiger partial charge on any atom is 0.104 e. The number of aryl methyl sites for hydroxylation is 1. The van der Waals surface area contributed by atoms with Gasteiger partial charge in [0, 0.05) is 0 Å². The van der Waals surface area contributed by atoms with E-state index < -0.39 is 0 Å². The van der Waals surface area contributed by atoms with Crippen LogP contribution in [0.4, 0.5) is 0 Å². The van der Waals surface area contributed by atoms with Crippen molar-refractivity contribution in [1.82, 2.24) is 7.76 Å². The van der Waals surface area contributed by atoms with Gasteiger partial charge in [0.1, 0.15) is 6.33 Å². The van der Waals surface area contributed by atoms with E-state index in [4.69, 9.17) is 0 Å². The zero-order valence-electron chi connectivity index (χ0n) is 5.68. The highest BCUT2D eigenvalue weighted by Crippen LogP contribution is 2.20. The number of nitrogens with zero attached hydrogens (tertiary/aromatic N) is 2. The van der Waals surface area contributed by atoms with Gasteiger partial charge in [0.15, 0.2) is 0 Å². The fourth-order valence-electron chi connectivity index (χ4n) is 1.43. The Labute approximate surface area is 74.1 Å². The van der Waals surface area contributed by atoms with E-state index in [2.05, 4.69) is 30.6 Å². The Kier molecular flexibility index (Phi) is 1.68. The summed E-state index contributed by atoms with van der Waals surface area (Å²) in [7, 11) is 0. The molecule has 1 heterocycles. The maximum absolute atomic E-state index is 4.31. The molecule has 0 radical (unpaired) electrons. The van der Waals surface area contributed by atoms with E-state index in [1.807, 2.05) is 6.33 Å². The van der Waals surface area contributed by atoms with Gasteiger partial charge in [0.2, 0.25) is 0 Å². The third-order valence-electron chi connectivity index (χ3n) is 1.98. The zero-order valence-corrected chi connectivity index (χ0v) is 7.84. The van der Waals surface area contributed by atoms with E-state index in [1.54, 1.807) is 0 Å². The van der Waals surface area contributed by atoms with Crippen molar-refractivity contribution >= 4 is 22.9 Å². The van der Waals surface area contributed by atoms with E-state index >= 15 is 0 Å². The molecule has 0 unspecified atom stereocenters. The molecule has 0 bridgehead atoms. The molecule has 0 aromatic carbocycles. The van der Waals surface area contributed by atoms with Crippen LogP contribution in [0.1, 0.15) is 24.2 Å². The molecule has 54 valence electrons. The third-order valence-corrected chi connectivity index (χ3v) is 2.81. The minimum absolute atomic E-state index is 1.19.